The molecule has 0 spiro atoms. The zero-order chi connectivity index (χ0) is 6.27. The van der Waals surface area contributed by atoms with Gasteiger partial charge in [-0.3, -0.25) is 4.90 Å². The van der Waals surface area contributed by atoms with Crippen LogP contribution in [0, 0.1) is 0 Å². The maximum atomic E-state index is 5.31. The molecule has 2 rings (SSSR count). The van der Waals surface area contributed by atoms with E-state index in [0.717, 1.165) is 25.3 Å². The van der Waals surface area contributed by atoms with Crippen molar-refractivity contribution in [3.63, 3.8) is 0 Å². The van der Waals surface area contributed by atoms with Crippen molar-refractivity contribution in [2.75, 3.05) is 19.8 Å². The van der Waals surface area contributed by atoms with E-state index in [9.17, 15) is 0 Å². The fourth-order valence-electron chi connectivity index (χ4n) is 1.83. The van der Waals surface area contributed by atoms with Crippen LogP contribution in [-0.4, -0.2) is 36.7 Å². The first-order valence-corrected chi connectivity index (χ1v) is 3.77. The van der Waals surface area contributed by atoms with Crippen LogP contribution in [0.2, 0.25) is 0 Å². The first-order valence-electron chi connectivity index (χ1n) is 3.77. The molecule has 3 unspecified atom stereocenters. The number of hydrogen-bond acceptors (Lipinski definition) is 2. The van der Waals surface area contributed by atoms with Gasteiger partial charge in [-0.1, -0.05) is 6.92 Å². The van der Waals surface area contributed by atoms with Crippen LogP contribution in [0.5, 0.6) is 0 Å². The fraction of sp³-hybridized carbons (Fsp3) is 1.00. The van der Waals surface area contributed by atoms with Crippen LogP contribution in [0.25, 0.3) is 0 Å². The summed E-state index contributed by atoms with van der Waals surface area (Å²) in [5, 5.41) is 0. The highest BCUT2D eigenvalue weighted by Crippen LogP contribution is 2.33. The average Bonchev–Trinajstić information content (AvgIpc) is 2.60. The Bertz CT molecular complexity index is 96.7. The number of likely N-dealkylation sites (N-methyl/N-ethyl adjacent to an activating group) is 1. The van der Waals surface area contributed by atoms with Crippen LogP contribution < -0.4 is 0 Å². The molecule has 9 heavy (non-hydrogen) atoms. The predicted octanol–water partition coefficient (Wildman–Crippen LogP) is 0.479. The summed E-state index contributed by atoms with van der Waals surface area (Å²) >= 11 is 0. The van der Waals surface area contributed by atoms with Crippen molar-refractivity contribution in [1.29, 1.82) is 0 Å². The van der Waals surface area contributed by atoms with E-state index in [4.69, 9.17) is 4.74 Å². The Morgan fingerprint density at radius 2 is 2.44 bits per heavy atom. The second-order valence-electron chi connectivity index (χ2n) is 2.83. The van der Waals surface area contributed by atoms with Gasteiger partial charge in [-0.15, -0.1) is 0 Å². The molecule has 0 aromatic carbocycles. The van der Waals surface area contributed by atoms with E-state index < -0.39 is 0 Å². The van der Waals surface area contributed by atoms with Crippen molar-refractivity contribution >= 4 is 0 Å². The van der Waals surface area contributed by atoms with E-state index in [2.05, 4.69) is 11.8 Å². The molecule has 2 nitrogen and oxygen atoms in total. The summed E-state index contributed by atoms with van der Waals surface area (Å²) in [5.41, 5.74) is 0. The van der Waals surface area contributed by atoms with Crippen LogP contribution in [0.3, 0.4) is 0 Å². The minimum Gasteiger partial charge on any atom is -0.380 e. The maximum Gasteiger partial charge on any atom is 0.0637 e. The summed E-state index contributed by atoms with van der Waals surface area (Å²) in [6.07, 6.45) is 1.26. The van der Waals surface area contributed by atoms with Crippen molar-refractivity contribution < 1.29 is 4.74 Å². The van der Waals surface area contributed by atoms with Gasteiger partial charge in [-0.2, -0.15) is 0 Å². The third-order valence-electron chi connectivity index (χ3n) is 2.42. The monoisotopic (exact) mass is 127 g/mol. The van der Waals surface area contributed by atoms with Gasteiger partial charge < -0.3 is 4.74 Å². The smallest absolute Gasteiger partial charge is 0.0637 e. The van der Waals surface area contributed by atoms with Gasteiger partial charge in [0, 0.05) is 18.7 Å². The summed E-state index contributed by atoms with van der Waals surface area (Å²) in [6.45, 7) is 5.40. The zero-order valence-electron chi connectivity index (χ0n) is 5.84. The lowest BCUT2D eigenvalue weighted by atomic mass is 10.2. The van der Waals surface area contributed by atoms with E-state index >= 15 is 0 Å². The van der Waals surface area contributed by atoms with E-state index in [-0.39, 0.29) is 0 Å². The number of hydrogen-bond donors (Lipinski definition) is 0. The molecular formula is C7H13NO. The van der Waals surface area contributed by atoms with Crippen molar-refractivity contribution in [3.05, 3.63) is 0 Å². The van der Waals surface area contributed by atoms with Gasteiger partial charge >= 0.3 is 0 Å². The minimum atomic E-state index is 0.795. The molecule has 0 aliphatic carbocycles. The molecule has 0 bridgehead atoms. The zero-order valence-corrected chi connectivity index (χ0v) is 5.84. The number of ether oxygens (including phenoxy) is 1. The van der Waals surface area contributed by atoms with Crippen molar-refractivity contribution in [3.8, 4) is 0 Å². The molecule has 0 amide bonds. The van der Waals surface area contributed by atoms with Crippen LogP contribution in [0.15, 0.2) is 0 Å². The maximum absolute atomic E-state index is 5.31. The highest BCUT2D eigenvalue weighted by molar-refractivity contribution is 5.02. The van der Waals surface area contributed by atoms with Gasteiger partial charge in [-0.25, -0.2) is 0 Å². The Balaban J connectivity index is 1.91. The highest BCUT2D eigenvalue weighted by atomic mass is 16.5. The topological polar surface area (TPSA) is 12.2 Å². The number of rotatable bonds is 1. The van der Waals surface area contributed by atoms with E-state index in [1.165, 1.54) is 13.0 Å². The van der Waals surface area contributed by atoms with Gasteiger partial charge in [0.05, 0.1) is 6.61 Å². The van der Waals surface area contributed by atoms with Crippen LogP contribution >= 0.6 is 0 Å². The number of fused-ring (bicyclic) bond motifs is 1. The third kappa shape index (κ3) is 0.775. The summed E-state index contributed by atoms with van der Waals surface area (Å²) in [4.78, 5) is 2.51. The second-order valence-corrected chi connectivity index (χ2v) is 2.83. The summed E-state index contributed by atoms with van der Waals surface area (Å²) in [7, 11) is 0. The van der Waals surface area contributed by atoms with Crippen LogP contribution in [0.1, 0.15) is 13.3 Å². The van der Waals surface area contributed by atoms with Crippen molar-refractivity contribution in [2.45, 2.75) is 25.4 Å². The molecule has 0 aromatic heterocycles. The largest absolute Gasteiger partial charge is 0.380 e. The Morgan fingerprint density at radius 3 is 3.00 bits per heavy atom. The normalized spacial score (nSPS) is 48.3. The van der Waals surface area contributed by atoms with E-state index in [1.54, 1.807) is 0 Å². The molecule has 2 heteroatoms. The molecule has 3 atom stereocenters. The van der Waals surface area contributed by atoms with Crippen molar-refractivity contribution in [1.82, 2.24) is 4.90 Å². The molecule has 0 aromatic rings. The van der Waals surface area contributed by atoms with Gasteiger partial charge in [0.2, 0.25) is 0 Å². The van der Waals surface area contributed by atoms with Gasteiger partial charge in [-0.05, 0) is 13.0 Å². The molecular weight excluding hydrogens is 114 g/mol. The lowest BCUT2D eigenvalue weighted by Crippen LogP contribution is -2.13. The molecule has 2 aliphatic heterocycles. The minimum absolute atomic E-state index is 0.795. The Kier molecular flexibility index (Phi) is 1.24. The first kappa shape index (κ1) is 5.69. The Morgan fingerprint density at radius 1 is 1.56 bits per heavy atom. The van der Waals surface area contributed by atoms with Gasteiger partial charge in [0.15, 0.2) is 0 Å². The van der Waals surface area contributed by atoms with Gasteiger partial charge in [0.25, 0.3) is 0 Å². The van der Waals surface area contributed by atoms with Crippen LogP contribution in [0.4, 0.5) is 0 Å². The van der Waals surface area contributed by atoms with Crippen molar-refractivity contribution in [2.24, 2.45) is 0 Å². The van der Waals surface area contributed by atoms with Crippen LogP contribution in [-0.2, 0) is 4.74 Å². The molecule has 2 fully saturated rings. The highest BCUT2D eigenvalue weighted by Gasteiger charge is 2.47. The fourth-order valence-corrected chi connectivity index (χ4v) is 1.83. The predicted molar refractivity (Wildman–Crippen MR) is 35.4 cm³/mol. The standard InChI is InChI=1S/C7H13NO/c1-2-8-6-3-4-9-5-7(6)8/h6-7H,2-5H2,1H3. The lowest BCUT2D eigenvalue weighted by molar-refractivity contribution is 0.113. The molecule has 0 radical (unpaired) electrons. The Labute approximate surface area is 55.8 Å². The SMILES string of the molecule is CCN1C2CCOCC21. The molecule has 2 heterocycles. The summed E-state index contributed by atoms with van der Waals surface area (Å²) in [5.74, 6) is 0. The average molecular weight is 127 g/mol. The summed E-state index contributed by atoms with van der Waals surface area (Å²) < 4.78 is 5.31. The quantitative estimate of drug-likeness (QED) is 0.475. The lowest BCUT2D eigenvalue weighted by Gasteiger charge is -2.05. The molecule has 0 saturated carbocycles. The van der Waals surface area contributed by atoms with E-state index in [1.807, 2.05) is 0 Å². The first-order chi connectivity index (χ1) is 4.43. The molecule has 2 saturated heterocycles. The van der Waals surface area contributed by atoms with E-state index in [0.29, 0.717) is 0 Å². The molecule has 2 aliphatic rings. The number of nitrogens with zero attached hydrogens (tertiary/aromatic N) is 1. The van der Waals surface area contributed by atoms with Gasteiger partial charge in [0.1, 0.15) is 0 Å². The second kappa shape index (κ2) is 1.96. The molecule has 0 N–H and O–H groups in total. The summed E-state index contributed by atoms with van der Waals surface area (Å²) in [6, 6.07) is 1.69. The third-order valence-corrected chi connectivity index (χ3v) is 2.42. The molecule has 52 valence electrons. The Hall–Kier alpha value is -0.0800.